The van der Waals surface area contributed by atoms with E-state index in [1.807, 2.05) is 28.9 Å². The highest BCUT2D eigenvalue weighted by Crippen LogP contribution is 2.18. The zero-order chi connectivity index (χ0) is 18.7. The highest BCUT2D eigenvalue weighted by molar-refractivity contribution is 7.71. The molecule has 0 aliphatic carbocycles. The van der Waals surface area contributed by atoms with Gasteiger partial charge in [0.2, 0.25) is 4.77 Å². The van der Waals surface area contributed by atoms with Gasteiger partial charge in [0.05, 0.1) is 6.67 Å². The Bertz CT molecular complexity index is 910. The third-order valence-electron chi connectivity index (χ3n) is 4.28. The second kappa shape index (κ2) is 8.16. The molecule has 0 amide bonds. The van der Waals surface area contributed by atoms with Gasteiger partial charge >= 0.3 is 0 Å². The van der Waals surface area contributed by atoms with Gasteiger partial charge in [-0.2, -0.15) is 4.98 Å². The number of halogens is 1. The molecule has 3 rings (SSSR count). The summed E-state index contributed by atoms with van der Waals surface area (Å²) in [6, 6.07) is 16.3. The van der Waals surface area contributed by atoms with Crippen LogP contribution in [-0.2, 0) is 13.2 Å². The molecule has 4 nitrogen and oxygen atoms in total. The molecule has 3 aromatic rings. The molecule has 0 aliphatic rings. The quantitative estimate of drug-likeness (QED) is 0.570. The molecule has 0 aliphatic heterocycles. The Kier molecular flexibility index (Phi) is 5.91. The minimum absolute atomic E-state index is 0.539. The molecule has 0 saturated carbocycles. The van der Waals surface area contributed by atoms with E-state index in [2.05, 4.69) is 60.1 Å². The first kappa shape index (κ1) is 18.8. The molecule has 26 heavy (non-hydrogen) atoms. The molecular weight excluding hydrogens is 364 g/mol. The van der Waals surface area contributed by atoms with Crippen LogP contribution in [-0.4, -0.2) is 26.7 Å². The summed E-state index contributed by atoms with van der Waals surface area (Å²) in [5, 5.41) is 3.98. The fourth-order valence-corrected chi connectivity index (χ4v) is 3.12. The Labute approximate surface area is 164 Å². The van der Waals surface area contributed by atoms with Crippen molar-refractivity contribution in [3.8, 4) is 11.4 Å². The third-order valence-corrected chi connectivity index (χ3v) is 4.84. The van der Waals surface area contributed by atoms with Crippen LogP contribution in [0.1, 0.15) is 30.9 Å². The molecule has 0 bridgehead atoms. The lowest BCUT2D eigenvalue weighted by Crippen LogP contribution is -2.22. The van der Waals surface area contributed by atoms with Crippen molar-refractivity contribution in [2.45, 2.75) is 33.0 Å². The normalized spacial score (nSPS) is 11.5. The van der Waals surface area contributed by atoms with E-state index in [4.69, 9.17) is 23.8 Å². The van der Waals surface area contributed by atoms with Crippen molar-refractivity contribution in [2.24, 2.45) is 0 Å². The average molecular weight is 387 g/mol. The standard InChI is InChI=1S/C20H23ClN4S/c1-14(2)16-6-4-15(5-7-16)12-24(3)13-25-20(26)22-19(23-25)17-8-10-18(21)11-9-17/h4-11,14H,12-13H2,1-3H3,(H,22,23,26). The van der Waals surface area contributed by atoms with Crippen molar-refractivity contribution in [1.82, 2.24) is 19.7 Å². The predicted octanol–water partition coefficient (Wildman–Crippen LogP) is 5.47. The summed E-state index contributed by atoms with van der Waals surface area (Å²) < 4.78 is 2.42. The molecule has 1 aromatic heterocycles. The number of benzene rings is 2. The van der Waals surface area contributed by atoms with Crippen molar-refractivity contribution in [2.75, 3.05) is 7.05 Å². The molecule has 1 heterocycles. The fraction of sp³-hybridized carbons (Fsp3) is 0.300. The second-order valence-corrected chi connectivity index (χ2v) is 7.64. The number of nitrogens with one attached hydrogen (secondary N) is 1. The molecule has 0 atom stereocenters. The Morgan fingerprint density at radius 2 is 1.77 bits per heavy atom. The predicted molar refractivity (Wildman–Crippen MR) is 110 cm³/mol. The van der Waals surface area contributed by atoms with Crippen LogP contribution < -0.4 is 0 Å². The number of H-pyrrole nitrogens is 1. The van der Waals surface area contributed by atoms with Gasteiger partial charge in [0.15, 0.2) is 5.82 Å². The Morgan fingerprint density at radius 1 is 1.12 bits per heavy atom. The lowest BCUT2D eigenvalue weighted by molar-refractivity contribution is 0.244. The van der Waals surface area contributed by atoms with Gasteiger partial charge < -0.3 is 0 Å². The Morgan fingerprint density at radius 3 is 2.38 bits per heavy atom. The maximum Gasteiger partial charge on any atom is 0.217 e. The Hall–Kier alpha value is -1.95. The minimum atomic E-state index is 0.539. The summed E-state index contributed by atoms with van der Waals surface area (Å²) in [6.07, 6.45) is 0. The van der Waals surface area contributed by atoms with E-state index in [9.17, 15) is 0 Å². The van der Waals surface area contributed by atoms with Crippen molar-refractivity contribution in [3.63, 3.8) is 0 Å². The molecule has 0 fully saturated rings. The number of nitrogens with zero attached hydrogens (tertiary/aromatic N) is 3. The molecule has 0 spiro atoms. The molecule has 0 unspecified atom stereocenters. The van der Waals surface area contributed by atoms with Gasteiger partial charge in [0.25, 0.3) is 0 Å². The van der Waals surface area contributed by atoms with Crippen LogP contribution in [0, 0.1) is 4.77 Å². The number of hydrogen-bond acceptors (Lipinski definition) is 3. The van der Waals surface area contributed by atoms with E-state index in [0.717, 1.165) is 17.9 Å². The highest BCUT2D eigenvalue weighted by Gasteiger charge is 2.08. The summed E-state index contributed by atoms with van der Waals surface area (Å²) >= 11 is 11.3. The van der Waals surface area contributed by atoms with E-state index in [-0.39, 0.29) is 0 Å². The minimum Gasteiger partial charge on any atom is -0.283 e. The maximum absolute atomic E-state index is 5.95. The number of rotatable bonds is 6. The average Bonchev–Trinajstić information content (AvgIpc) is 2.96. The molecule has 2 aromatic carbocycles. The zero-order valence-electron chi connectivity index (χ0n) is 15.2. The van der Waals surface area contributed by atoms with Gasteiger partial charge in [0, 0.05) is 17.1 Å². The SMILES string of the molecule is CC(C)c1ccc(CN(C)Cn2[nH]c(-c3ccc(Cl)cc3)nc2=S)cc1. The lowest BCUT2D eigenvalue weighted by Gasteiger charge is -2.17. The molecule has 6 heteroatoms. The second-order valence-electron chi connectivity index (χ2n) is 6.84. The first-order valence-corrected chi connectivity index (χ1v) is 9.41. The van der Waals surface area contributed by atoms with Gasteiger partial charge in [-0.3, -0.25) is 10.00 Å². The van der Waals surface area contributed by atoms with Crippen LogP contribution in [0.25, 0.3) is 11.4 Å². The summed E-state index contributed by atoms with van der Waals surface area (Å²) in [6.45, 7) is 5.90. The highest BCUT2D eigenvalue weighted by atomic mass is 35.5. The molecule has 0 radical (unpaired) electrons. The molecule has 0 saturated heterocycles. The van der Waals surface area contributed by atoms with Crippen molar-refractivity contribution >= 4 is 23.8 Å². The van der Waals surface area contributed by atoms with Gasteiger partial charge in [0.1, 0.15) is 0 Å². The van der Waals surface area contributed by atoms with Gasteiger partial charge in [-0.15, -0.1) is 0 Å². The summed E-state index contributed by atoms with van der Waals surface area (Å²) in [7, 11) is 2.07. The van der Waals surface area contributed by atoms with Gasteiger partial charge in [-0.25, -0.2) is 4.68 Å². The van der Waals surface area contributed by atoms with Crippen LogP contribution in [0.2, 0.25) is 5.02 Å². The largest absolute Gasteiger partial charge is 0.283 e. The maximum atomic E-state index is 5.95. The van der Waals surface area contributed by atoms with Crippen molar-refractivity contribution in [3.05, 3.63) is 69.5 Å². The zero-order valence-corrected chi connectivity index (χ0v) is 16.8. The molecule has 136 valence electrons. The van der Waals surface area contributed by atoms with Crippen LogP contribution in [0.15, 0.2) is 48.5 Å². The van der Waals surface area contributed by atoms with E-state index < -0.39 is 0 Å². The summed E-state index contributed by atoms with van der Waals surface area (Å²) in [4.78, 5) is 6.65. The third kappa shape index (κ3) is 4.61. The summed E-state index contributed by atoms with van der Waals surface area (Å²) in [5.74, 6) is 1.30. The van der Waals surface area contributed by atoms with E-state index in [1.54, 1.807) is 0 Å². The van der Waals surface area contributed by atoms with Crippen molar-refractivity contribution < 1.29 is 0 Å². The monoisotopic (exact) mass is 386 g/mol. The van der Waals surface area contributed by atoms with Crippen LogP contribution in [0.4, 0.5) is 0 Å². The van der Waals surface area contributed by atoms with Crippen LogP contribution in [0.3, 0.4) is 0 Å². The lowest BCUT2D eigenvalue weighted by atomic mass is 10.0. The first-order valence-electron chi connectivity index (χ1n) is 8.62. The number of aromatic amines is 1. The van der Waals surface area contributed by atoms with Crippen molar-refractivity contribution in [1.29, 1.82) is 0 Å². The topological polar surface area (TPSA) is 36.9 Å². The fourth-order valence-electron chi connectivity index (χ4n) is 2.80. The molecular formula is C20H23ClN4S. The van der Waals surface area contributed by atoms with Crippen LogP contribution in [0.5, 0.6) is 0 Å². The van der Waals surface area contributed by atoms with E-state index >= 15 is 0 Å². The van der Waals surface area contributed by atoms with E-state index in [0.29, 0.717) is 22.4 Å². The van der Waals surface area contributed by atoms with Gasteiger partial charge in [-0.1, -0.05) is 49.7 Å². The molecule has 1 N–H and O–H groups in total. The smallest absolute Gasteiger partial charge is 0.217 e. The number of aromatic nitrogens is 3. The van der Waals surface area contributed by atoms with Crippen LogP contribution >= 0.6 is 23.8 Å². The van der Waals surface area contributed by atoms with E-state index in [1.165, 1.54) is 11.1 Å². The first-order chi connectivity index (χ1) is 12.4. The Balaban J connectivity index is 1.68. The van der Waals surface area contributed by atoms with Gasteiger partial charge in [-0.05, 0) is 60.6 Å². The summed E-state index contributed by atoms with van der Waals surface area (Å²) in [5.41, 5.74) is 3.60. The number of hydrogen-bond donors (Lipinski definition) is 1.